The van der Waals surface area contributed by atoms with Crippen molar-refractivity contribution in [2.24, 2.45) is 5.92 Å². The van der Waals surface area contributed by atoms with Crippen molar-refractivity contribution < 1.29 is 23.6 Å². The summed E-state index contributed by atoms with van der Waals surface area (Å²) in [6.45, 7) is 4.21. The zero-order valence-corrected chi connectivity index (χ0v) is 15.5. The quantitative estimate of drug-likeness (QED) is 0.712. The average molecular weight is 373 g/mol. The van der Waals surface area contributed by atoms with Crippen LogP contribution in [0.25, 0.3) is 11.4 Å². The number of carbonyl (C=O) groups excluding carboxylic acids is 2. The Labute approximate surface area is 157 Å². The molecule has 1 saturated heterocycles. The SMILES string of the molecule is CCOC(=O)[C@@H]1CCCN(Cc2nc(-c3ccc(C(=O)OC)cc3)no2)C1. The Hall–Kier alpha value is -2.74. The van der Waals surface area contributed by atoms with Crippen molar-refractivity contribution in [3.8, 4) is 11.4 Å². The molecular formula is C19H23N3O5. The molecule has 1 aromatic carbocycles. The van der Waals surface area contributed by atoms with Crippen LogP contribution in [0.1, 0.15) is 36.0 Å². The molecule has 0 N–H and O–H groups in total. The maximum Gasteiger partial charge on any atom is 0.337 e. The van der Waals surface area contributed by atoms with Gasteiger partial charge < -0.3 is 14.0 Å². The maximum atomic E-state index is 11.9. The van der Waals surface area contributed by atoms with Crippen LogP contribution in [0.4, 0.5) is 0 Å². The van der Waals surface area contributed by atoms with Gasteiger partial charge in [-0.3, -0.25) is 9.69 Å². The molecule has 0 spiro atoms. The Bertz CT molecular complexity index is 787. The minimum absolute atomic E-state index is 0.105. The van der Waals surface area contributed by atoms with E-state index in [1.54, 1.807) is 24.3 Å². The molecule has 27 heavy (non-hydrogen) atoms. The molecule has 1 atom stereocenters. The van der Waals surface area contributed by atoms with E-state index in [-0.39, 0.29) is 11.9 Å². The predicted octanol–water partition coefficient (Wildman–Crippen LogP) is 2.30. The number of likely N-dealkylation sites (tertiary alicyclic amines) is 1. The first-order valence-electron chi connectivity index (χ1n) is 9.01. The molecule has 0 radical (unpaired) electrons. The van der Waals surface area contributed by atoms with Gasteiger partial charge in [-0.25, -0.2) is 4.79 Å². The van der Waals surface area contributed by atoms with E-state index in [0.717, 1.165) is 24.9 Å². The Kier molecular flexibility index (Phi) is 6.18. The van der Waals surface area contributed by atoms with Gasteiger partial charge in [0.2, 0.25) is 11.7 Å². The smallest absolute Gasteiger partial charge is 0.337 e. The predicted molar refractivity (Wildman–Crippen MR) is 95.7 cm³/mol. The van der Waals surface area contributed by atoms with Crippen molar-refractivity contribution in [3.63, 3.8) is 0 Å². The highest BCUT2D eigenvalue weighted by Gasteiger charge is 2.27. The fourth-order valence-electron chi connectivity index (χ4n) is 3.15. The minimum atomic E-state index is -0.392. The highest BCUT2D eigenvalue weighted by molar-refractivity contribution is 5.89. The molecule has 0 bridgehead atoms. The number of hydrogen-bond acceptors (Lipinski definition) is 8. The number of hydrogen-bond donors (Lipinski definition) is 0. The average Bonchev–Trinajstić information content (AvgIpc) is 3.16. The summed E-state index contributed by atoms with van der Waals surface area (Å²) < 4.78 is 15.2. The number of methoxy groups -OCH3 is 1. The van der Waals surface area contributed by atoms with Gasteiger partial charge in [0.15, 0.2) is 0 Å². The molecule has 2 aromatic rings. The number of ether oxygens (including phenoxy) is 2. The van der Waals surface area contributed by atoms with E-state index in [9.17, 15) is 9.59 Å². The van der Waals surface area contributed by atoms with Crippen LogP contribution < -0.4 is 0 Å². The number of piperidine rings is 1. The molecular weight excluding hydrogens is 350 g/mol. The zero-order chi connectivity index (χ0) is 19.2. The van der Waals surface area contributed by atoms with Crippen LogP contribution >= 0.6 is 0 Å². The molecule has 8 nitrogen and oxygen atoms in total. The second-order valence-electron chi connectivity index (χ2n) is 6.41. The van der Waals surface area contributed by atoms with Gasteiger partial charge in [0.1, 0.15) is 0 Å². The molecule has 1 fully saturated rings. The van der Waals surface area contributed by atoms with Crippen molar-refractivity contribution in [3.05, 3.63) is 35.7 Å². The number of carbonyl (C=O) groups is 2. The van der Waals surface area contributed by atoms with Crippen LogP contribution in [-0.2, 0) is 20.8 Å². The number of esters is 2. The molecule has 0 amide bonds. The van der Waals surface area contributed by atoms with Crippen LogP contribution in [0.5, 0.6) is 0 Å². The number of nitrogens with zero attached hydrogens (tertiary/aromatic N) is 3. The van der Waals surface area contributed by atoms with Crippen molar-refractivity contribution in [1.82, 2.24) is 15.0 Å². The second-order valence-corrected chi connectivity index (χ2v) is 6.41. The molecule has 144 valence electrons. The van der Waals surface area contributed by atoms with Gasteiger partial charge in [0.25, 0.3) is 0 Å². The van der Waals surface area contributed by atoms with E-state index in [4.69, 9.17) is 9.26 Å². The summed E-state index contributed by atoms with van der Waals surface area (Å²) in [5, 5.41) is 4.01. The minimum Gasteiger partial charge on any atom is -0.466 e. The zero-order valence-electron chi connectivity index (χ0n) is 15.5. The fraction of sp³-hybridized carbons (Fsp3) is 0.474. The number of aromatic nitrogens is 2. The van der Waals surface area contributed by atoms with Gasteiger partial charge in [-0.15, -0.1) is 0 Å². The van der Waals surface area contributed by atoms with Crippen LogP contribution in [0.2, 0.25) is 0 Å². The van der Waals surface area contributed by atoms with Crippen LogP contribution in [0, 0.1) is 5.92 Å². The highest BCUT2D eigenvalue weighted by atomic mass is 16.5. The number of rotatable bonds is 6. The van der Waals surface area contributed by atoms with E-state index in [1.807, 2.05) is 6.92 Å². The summed E-state index contributed by atoms with van der Waals surface area (Å²) in [7, 11) is 1.34. The molecule has 8 heteroatoms. The molecule has 2 heterocycles. The highest BCUT2D eigenvalue weighted by Crippen LogP contribution is 2.21. The lowest BCUT2D eigenvalue weighted by Crippen LogP contribution is -2.39. The molecule has 0 saturated carbocycles. The molecule has 0 aliphatic carbocycles. The van der Waals surface area contributed by atoms with Crippen LogP contribution in [0.3, 0.4) is 0 Å². The second kappa shape index (κ2) is 8.77. The Morgan fingerprint density at radius 3 is 2.78 bits per heavy atom. The first-order chi connectivity index (χ1) is 13.1. The fourth-order valence-corrected chi connectivity index (χ4v) is 3.15. The van der Waals surface area contributed by atoms with Gasteiger partial charge in [-0.05, 0) is 38.4 Å². The van der Waals surface area contributed by atoms with Gasteiger partial charge in [0, 0.05) is 12.1 Å². The third kappa shape index (κ3) is 4.71. The lowest BCUT2D eigenvalue weighted by Gasteiger charge is -2.30. The van der Waals surface area contributed by atoms with E-state index in [2.05, 4.69) is 19.8 Å². The summed E-state index contributed by atoms with van der Waals surface area (Å²) in [6, 6.07) is 6.81. The van der Waals surface area contributed by atoms with E-state index >= 15 is 0 Å². The first-order valence-corrected chi connectivity index (χ1v) is 9.01. The molecule has 0 unspecified atom stereocenters. The molecule has 1 aliphatic rings. The van der Waals surface area contributed by atoms with E-state index < -0.39 is 5.97 Å². The Morgan fingerprint density at radius 1 is 1.30 bits per heavy atom. The molecule has 3 rings (SSSR count). The van der Waals surface area contributed by atoms with Crippen molar-refractivity contribution >= 4 is 11.9 Å². The van der Waals surface area contributed by atoms with Gasteiger partial charge in [-0.2, -0.15) is 4.98 Å². The normalized spacial score (nSPS) is 17.5. The monoisotopic (exact) mass is 373 g/mol. The van der Waals surface area contributed by atoms with Crippen LogP contribution in [0.15, 0.2) is 28.8 Å². The summed E-state index contributed by atoms with van der Waals surface area (Å²) >= 11 is 0. The first kappa shape index (κ1) is 19.0. The summed E-state index contributed by atoms with van der Waals surface area (Å²) in [5.74, 6) is 0.314. The third-order valence-corrected chi connectivity index (χ3v) is 4.52. The van der Waals surface area contributed by atoms with Gasteiger partial charge in [0.05, 0.1) is 31.7 Å². The number of benzene rings is 1. The van der Waals surface area contributed by atoms with Crippen molar-refractivity contribution in [1.29, 1.82) is 0 Å². The molecule has 1 aromatic heterocycles. The molecule has 1 aliphatic heterocycles. The maximum absolute atomic E-state index is 11.9. The lowest BCUT2D eigenvalue weighted by molar-refractivity contribution is -0.150. The Morgan fingerprint density at radius 2 is 2.07 bits per heavy atom. The van der Waals surface area contributed by atoms with E-state index in [0.29, 0.717) is 37.0 Å². The summed E-state index contributed by atoms with van der Waals surface area (Å²) in [6.07, 6.45) is 1.77. The topological polar surface area (TPSA) is 94.8 Å². The lowest BCUT2D eigenvalue weighted by atomic mass is 9.98. The standard InChI is InChI=1S/C19H23N3O5/c1-3-26-19(24)15-5-4-10-22(11-15)12-16-20-17(21-27-16)13-6-8-14(9-7-13)18(23)25-2/h6-9,15H,3-5,10-12H2,1-2H3/t15-/m1/s1. The van der Waals surface area contributed by atoms with Gasteiger partial charge in [-0.1, -0.05) is 17.3 Å². The van der Waals surface area contributed by atoms with E-state index in [1.165, 1.54) is 7.11 Å². The largest absolute Gasteiger partial charge is 0.466 e. The summed E-state index contributed by atoms with van der Waals surface area (Å²) in [4.78, 5) is 30.0. The van der Waals surface area contributed by atoms with Crippen molar-refractivity contribution in [2.75, 3.05) is 26.8 Å². The van der Waals surface area contributed by atoms with Crippen LogP contribution in [-0.4, -0.2) is 53.8 Å². The summed E-state index contributed by atoms with van der Waals surface area (Å²) in [5.41, 5.74) is 1.21. The van der Waals surface area contributed by atoms with Gasteiger partial charge >= 0.3 is 11.9 Å². The Balaban J connectivity index is 1.62. The third-order valence-electron chi connectivity index (χ3n) is 4.52. The van der Waals surface area contributed by atoms with Crippen molar-refractivity contribution in [2.45, 2.75) is 26.3 Å².